The molecule has 0 aliphatic rings. The van der Waals surface area contributed by atoms with Crippen LogP contribution in [0.5, 0.6) is 5.75 Å². The molecule has 0 fully saturated rings. The van der Waals surface area contributed by atoms with Crippen LogP contribution in [-0.4, -0.2) is 14.8 Å². The Morgan fingerprint density at radius 1 is 1.12 bits per heavy atom. The number of para-hydroxylation sites is 1. The van der Waals surface area contributed by atoms with E-state index in [0.29, 0.717) is 0 Å². The van der Waals surface area contributed by atoms with Crippen molar-refractivity contribution in [2.45, 2.75) is 18.2 Å². The summed E-state index contributed by atoms with van der Waals surface area (Å²) in [5.41, 5.74) is 0.650. The zero-order chi connectivity index (χ0) is 18.7. The summed E-state index contributed by atoms with van der Waals surface area (Å²) in [5, 5.41) is 9.20. The molecule has 0 spiro atoms. The summed E-state index contributed by atoms with van der Waals surface area (Å²) >= 11 is 0. The van der Waals surface area contributed by atoms with Crippen molar-refractivity contribution in [2.24, 2.45) is 0 Å². The van der Waals surface area contributed by atoms with Gasteiger partial charge in [0.1, 0.15) is 16.7 Å². The fourth-order valence-corrected chi connectivity index (χ4v) is 3.12. The molecule has 25 heavy (non-hydrogen) atoms. The van der Waals surface area contributed by atoms with Crippen LogP contribution in [0.3, 0.4) is 0 Å². The van der Waals surface area contributed by atoms with Crippen LogP contribution in [0.2, 0.25) is 0 Å². The summed E-state index contributed by atoms with van der Waals surface area (Å²) in [6, 6.07) is 12.3. The number of sulfone groups is 1. The average molecular weight is 367 g/mol. The minimum Gasteiger partial charge on any atom is -0.405 e. The summed E-state index contributed by atoms with van der Waals surface area (Å²) in [7, 11) is -4.16. The molecule has 0 aliphatic carbocycles. The van der Waals surface area contributed by atoms with Crippen molar-refractivity contribution in [3.05, 3.63) is 64.6 Å². The van der Waals surface area contributed by atoms with E-state index in [-0.39, 0.29) is 10.5 Å². The number of ether oxygens (including phenoxy) is 1. The summed E-state index contributed by atoms with van der Waals surface area (Å²) in [6.45, 7) is 1.77. The Balaban J connectivity index is 2.52. The van der Waals surface area contributed by atoms with Gasteiger partial charge in [0.25, 0.3) is 0 Å². The van der Waals surface area contributed by atoms with Gasteiger partial charge in [0.15, 0.2) is 0 Å². The summed E-state index contributed by atoms with van der Waals surface area (Å²) < 4.78 is 66.3. The van der Waals surface area contributed by atoms with Crippen LogP contribution < -0.4 is 4.74 Å². The summed E-state index contributed by atoms with van der Waals surface area (Å²) in [4.78, 5) is -0.810. The molecule has 2 rings (SSSR count). The highest BCUT2D eigenvalue weighted by atomic mass is 32.2. The molecule has 0 saturated heterocycles. The second-order valence-corrected chi connectivity index (χ2v) is 6.94. The Hall–Kier alpha value is -2.79. The highest BCUT2D eigenvalue weighted by Gasteiger charge is 2.32. The Morgan fingerprint density at radius 2 is 1.72 bits per heavy atom. The molecule has 130 valence electrons. The normalized spacial score (nSPS) is 12.5. The molecule has 0 bridgehead atoms. The van der Waals surface area contributed by atoms with E-state index in [1.165, 1.54) is 36.4 Å². The maximum absolute atomic E-state index is 12.5. The Kier molecular flexibility index (Phi) is 5.18. The first-order valence-electron chi connectivity index (χ1n) is 6.92. The second kappa shape index (κ2) is 6.99. The third-order valence-electron chi connectivity index (χ3n) is 3.16. The van der Waals surface area contributed by atoms with Gasteiger partial charge >= 0.3 is 6.36 Å². The molecule has 0 amide bonds. The third-order valence-corrected chi connectivity index (χ3v) is 4.84. The van der Waals surface area contributed by atoms with Crippen LogP contribution in [-0.2, 0) is 9.84 Å². The SMILES string of the molecule is Cc1ccc(S(=O)(=O)C(C#N)=Cc2ccccc2OC(F)(F)F)cc1. The lowest BCUT2D eigenvalue weighted by atomic mass is 10.2. The fraction of sp³-hybridized carbons (Fsp3) is 0.118. The predicted octanol–water partition coefficient (Wildman–Crippen LogP) is 4.23. The molecule has 0 radical (unpaired) electrons. The van der Waals surface area contributed by atoms with Gasteiger partial charge in [0.05, 0.1) is 4.90 Å². The van der Waals surface area contributed by atoms with Crippen molar-refractivity contribution in [3.8, 4) is 11.8 Å². The maximum Gasteiger partial charge on any atom is 0.573 e. The van der Waals surface area contributed by atoms with Gasteiger partial charge in [0, 0.05) is 5.56 Å². The van der Waals surface area contributed by atoms with E-state index < -0.39 is 26.9 Å². The van der Waals surface area contributed by atoms with Gasteiger partial charge in [-0.15, -0.1) is 13.2 Å². The minimum atomic E-state index is -4.94. The number of nitrogens with zero attached hydrogens (tertiary/aromatic N) is 1. The molecule has 0 heterocycles. The molecule has 0 unspecified atom stereocenters. The number of rotatable bonds is 4. The Labute approximate surface area is 142 Å². The number of alkyl halides is 3. The maximum atomic E-state index is 12.5. The topological polar surface area (TPSA) is 67.2 Å². The van der Waals surface area contributed by atoms with Crippen LogP contribution in [0.1, 0.15) is 11.1 Å². The number of nitriles is 1. The molecule has 0 saturated carbocycles. The standard InChI is InChI=1S/C17H12F3NO3S/c1-12-6-8-14(9-7-12)25(22,23)15(11-21)10-13-4-2-3-5-16(13)24-17(18,19)20/h2-10H,1H3. The molecular formula is C17H12F3NO3S. The molecule has 2 aromatic rings. The molecule has 4 nitrogen and oxygen atoms in total. The van der Waals surface area contributed by atoms with E-state index in [1.54, 1.807) is 19.1 Å². The number of aryl methyl sites for hydroxylation is 1. The van der Waals surface area contributed by atoms with E-state index in [2.05, 4.69) is 4.74 Å². The van der Waals surface area contributed by atoms with Crippen molar-refractivity contribution in [2.75, 3.05) is 0 Å². The van der Waals surface area contributed by atoms with Crippen molar-refractivity contribution < 1.29 is 26.3 Å². The molecule has 0 aliphatic heterocycles. The van der Waals surface area contributed by atoms with E-state index in [0.717, 1.165) is 17.7 Å². The van der Waals surface area contributed by atoms with Crippen LogP contribution in [0.15, 0.2) is 58.3 Å². The van der Waals surface area contributed by atoms with Gasteiger partial charge < -0.3 is 4.74 Å². The first-order valence-corrected chi connectivity index (χ1v) is 8.40. The summed E-state index contributed by atoms with van der Waals surface area (Å²) in [6.07, 6.45) is -4.08. The monoisotopic (exact) mass is 367 g/mol. The summed E-state index contributed by atoms with van der Waals surface area (Å²) in [5.74, 6) is -0.596. The predicted molar refractivity (Wildman–Crippen MR) is 85.1 cm³/mol. The first kappa shape index (κ1) is 18.5. The number of allylic oxidation sites excluding steroid dienone is 1. The van der Waals surface area contributed by atoms with Gasteiger partial charge in [-0.2, -0.15) is 5.26 Å². The molecule has 0 aromatic heterocycles. The van der Waals surface area contributed by atoms with Crippen molar-refractivity contribution >= 4 is 15.9 Å². The number of hydrogen-bond donors (Lipinski definition) is 0. The van der Waals surface area contributed by atoms with Crippen LogP contribution in [0.25, 0.3) is 6.08 Å². The lowest BCUT2D eigenvalue weighted by molar-refractivity contribution is -0.274. The first-order chi connectivity index (χ1) is 11.6. The van der Waals surface area contributed by atoms with E-state index in [1.807, 2.05) is 0 Å². The van der Waals surface area contributed by atoms with E-state index >= 15 is 0 Å². The number of hydrogen-bond acceptors (Lipinski definition) is 4. The van der Waals surface area contributed by atoms with Gasteiger partial charge in [-0.05, 0) is 31.2 Å². The van der Waals surface area contributed by atoms with Gasteiger partial charge in [-0.25, -0.2) is 8.42 Å². The largest absolute Gasteiger partial charge is 0.573 e. The van der Waals surface area contributed by atoms with Crippen molar-refractivity contribution in [1.82, 2.24) is 0 Å². The molecule has 0 atom stereocenters. The number of halogens is 3. The minimum absolute atomic E-state index is 0.125. The molecule has 0 N–H and O–H groups in total. The van der Waals surface area contributed by atoms with E-state index in [4.69, 9.17) is 0 Å². The fourth-order valence-electron chi connectivity index (χ4n) is 1.97. The zero-order valence-corrected chi connectivity index (χ0v) is 13.7. The quantitative estimate of drug-likeness (QED) is 0.759. The smallest absolute Gasteiger partial charge is 0.405 e. The Bertz CT molecular complexity index is 940. The average Bonchev–Trinajstić information content (AvgIpc) is 2.52. The molecular weight excluding hydrogens is 355 g/mol. The second-order valence-electron chi connectivity index (χ2n) is 5.02. The van der Waals surface area contributed by atoms with Gasteiger partial charge in [-0.1, -0.05) is 35.9 Å². The molecule has 2 aromatic carbocycles. The zero-order valence-electron chi connectivity index (χ0n) is 12.9. The van der Waals surface area contributed by atoms with Crippen molar-refractivity contribution in [1.29, 1.82) is 5.26 Å². The van der Waals surface area contributed by atoms with Gasteiger partial charge in [0.2, 0.25) is 9.84 Å². The highest BCUT2D eigenvalue weighted by Crippen LogP contribution is 2.29. The Morgan fingerprint density at radius 3 is 2.28 bits per heavy atom. The van der Waals surface area contributed by atoms with Crippen LogP contribution >= 0.6 is 0 Å². The van der Waals surface area contributed by atoms with Gasteiger partial charge in [-0.3, -0.25) is 0 Å². The highest BCUT2D eigenvalue weighted by molar-refractivity contribution is 7.95. The van der Waals surface area contributed by atoms with Crippen LogP contribution in [0, 0.1) is 18.3 Å². The lowest BCUT2D eigenvalue weighted by Gasteiger charge is -2.11. The molecule has 8 heteroatoms. The number of benzene rings is 2. The van der Waals surface area contributed by atoms with Crippen molar-refractivity contribution in [3.63, 3.8) is 0 Å². The third kappa shape index (κ3) is 4.61. The van der Waals surface area contributed by atoms with Crippen LogP contribution in [0.4, 0.5) is 13.2 Å². The lowest BCUT2D eigenvalue weighted by Crippen LogP contribution is -2.17. The van der Waals surface area contributed by atoms with E-state index in [9.17, 15) is 26.9 Å².